The van der Waals surface area contributed by atoms with Crippen LogP contribution in [0.1, 0.15) is 10.4 Å². The van der Waals surface area contributed by atoms with E-state index in [0.717, 1.165) is 6.67 Å². The van der Waals surface area contributed by atoms with E-state index in [4.69, 9.17) is 0 Å². The standard InChI is InChI=1S/C12H14N2O2/c1-13-5-6-14(9-13)8-12(16)10-3-2-4-11(15)7-10/h2-7,15H,8-9H2,1H3. The van der Waals surface area contributed by atoms with E-state index in [1.54, 1.807) is 18.2 Å². The first-order valence-electron chi connectivity index (χ1n) is 5.10. The first kappa shape index (κ1) is 10.5. The minimum Gasteiger partial charge on any atom is -0.508 e. The molecule has 0 amide bonds. The van der Waals surface area contributed by atoms with Crippen molar-refractivity contribution >= 4 is 5.78 Å². The summed E-state index contributed by atoms with van der Waals surface area (Å²) in [5, 5.41) is 9.28. The van der Waals surface area contributed by atoms with Crippen LogP contribution in [0.25, 0.3) is 0 Å². The highest BCUT2D eigenvalue weighted by Crippen LogP contribution is 2.13. The summed E-state index contributed by atoms with van der Waals surface area (Å²) < 4.78 is 0. The molecule has 4 nitrogen and oxygen atoms in total. The number of Topliss-reactive ketones (excluding diaryl/α,β-unsaturated/α-hetero) is 1. The molecule has 2 rings (SSSR count). The van der Waals surface area contributed by atoms with Crippen LogP contribution < -0.4 is 0 Å². The molecule has 0 saturated carbocycles. The Morgan fingerprint density at radius 3 is 2.88 bits per heavy atom. The summed E-state index contributed by atoms with van der Waals surface area (Å²) in [4.78, 5) is 15.8. The SMILES string of the molecule is CN1C=CN(CC(=O)c2cccc(O)c2)C1. The van der Waals surface area contributed by atoms with E-state index in [-0.39, 0.29) is 11.5 Å². The van der Waals surface area contributed by atoms with Gasteiger partial charge in [-0.2, -0.15) is 0 Å². The number of aromatic hydroxyl groups is 1. The highest BCUT2D eigenvalue weighted by Gasteiger charge is 2.14. The fourth-order valence-corrected chi connectivity index (χ4v) is 1.65. The van der Waals surface area contributed by atoms with Crippen LogP contribution in [0.3, 0.4) is 0 Å². The number of phenolic OH excluding ortho intramolecular Hbond substituents is 1. The number of phenols is 1. The van der Waals surface area contributed by atoms with Gasteiger partial charge in [-0.3, -0.25) is 4.79 Å². The number of rotatable bonds is 3. The summed E-state index contributed by atoms with van der Waals surface area (Å²) in [7, 11) is 1.95. The van der Waals surface area contributed by atoms with E-state index in [1.807, 2.05) is 29.2 Å². The van der Waals surface area contributed by atoms with E-state index < -0.39 is 0 Å². The Balaban J connectivity index is 2.01. The van der Waals surface area contributed by atoms with Crippen LogP contribution in [0.5, 0.6) is 5.75 Å². The third-order valence-corrected chi connectivity index (χ3v) is 2.45. The van der Waals surface area contributed by atoms with Crippen molar-refractivity contribution in [3.8, 4) is 5.75 Å². The van der Waals surface area contributed by atoms with Crippen molar-refractivity contribution in [1.82, 2.24) is 9.80 Å². The van der Waals surface area contributed by atoms with Gasteiger partial charge in [-0.05, 0) is 12.1 Å². The van der Waals surface area contributed by atoms with Gasteiger partial charge in [0.05, 0.1) is 13.2 Å². The molecule has 0 aromatic heterocycles. The summed E-state index contributed by atoms with van der Waals surface area (Å²) in [5.74, 6) is 0.135. The van der Waals surface area contributed by atoms with E-state index in [0.29, 0.717) is 12.1 Å². The Labute approximate surface area is 94.4 Å². The molecule has 4 heteroatoms. The molecule has 16 heavy (non-hydrogen) atoms. The smallest absolute Gasteiger partial charge is 0.182 e. The largest absolute Gasteiger partial charge is 0.508 e. The van der Waals surface area contributed by atoms with Crippen LogP contribution in [0.2, 0.25) is 0 Å². The maximum atomic E-state index is 11.9. The van der Waals surface area contributed by atoms with Crippen molar-refractivity contribution in [3.63, 3.8) is 0 Å². The summed E-state index contributed by atoms with van der Waals surface area (Å²) in [6, 6.07) is 6.44. The van der Waals surface area contributed by atoms with Crippen LogP contribution in [0.4, 0.5) is 0 Å². The average molecular weight is 218 g/mol. The molecule has 0 atom stereocenters. The van der Waals surface area contributed by atoms with Gasteiger partial charge in [-0.1, -0.05) is 12.1 Å². The van der Waals surface area contributed by atoms with Gasteiger partial charge in [-0.15, -0.1) is 0 Å². The molecule has 1 aromatic rings. The van der Waals surface area contributed by atoms with E-state index in [1.165, 1.54) is 6.07 Å². The lowest BCUT2D eigenvalue weighted by atomic mass is 10.1. The van der Waals surface area contributed by atoms with Gasteiger partial charge in [0.2, 0.25) is 0 Å². The van der Waals surface area contributed by atoms with Crippen molar-refractivity contribution in [2.45, 2.75) is 0 Å². The predicted molar refractivity (Wildman–Crippen MR) is 60.9 cm³/mol. The molecule has 0 aliphatic carbocycles. The molecule has 0 unspecified atom stereocenters. The number of carbonyl (C=O) groups excluding carboxylic acids is 1. The number of benzene rings is 1. The molecule has 0 spiro atoms. The van der Waals surface area contributed by atoms with Gasteiger partial charge in [-0.25, -0.2) is 0 Å². The summed E-state index contributed by atoms with van der Waals surface area (Å²) in [5.41, 5.74) is 0.544. The van der Waals surface area contributed by atoms with Crippen molar-refractivity contribution in [1.29, 1.82) is 0 Å². The van der Waals surface area contributed by atoms with Gasteiger partial charge in [0, 0.05) is 25.0 Å². The molecule has 0 saturated heterocycles. The lowest BCUT2D eigenvalue weighted by Crippen LogP contribution is -2.27. The summed E-state index contributed by atoms with van der Waals surface area (Å²) in [6.45, 7) is 1.06. The predicted octanol–water partition coefficient (Wildman–Crippen LogP) is 1.25. The third-order valence-electron chi connectivity index (χ3n) is 2.45. The maximum Gasteiger partial charge on any atom is 0.182 e. The van der Waals surface area contributed by atoms with Gasteiger partial charge in [0.15, 0.2) is 5.78 Å². The van der Waals surface area contributed by atoms with Gasteiger partial charge >= 0.3 is 0 Å². The highest BCUT2D eigenvalue weighted by molar-refractivity contribution is 5.98. The summed E-state index contributed by atoms with van der Waals surface area (Å²) in [6.07, 6.45) is 3.82. The third kappa shape index (κ3) is 2.34. The topological polar surface area (TPSA) is 43.8 Å². The van der Waals surface area contributed by atoms with Gasteiger partial charge in [0.1, 0.15) is 5.75 Å². The molecule has 0 radical (unpaired) electrons. The number of carbonyl (C=O) groups is 1. The van der Waals surface area contributed by atoms with E-state index in [2.05, 4.69) is 0 Å². The Bertz CT molecular complexity index is 429. The molecule has 1 N–H and O–H groups in total. The van der Waals surface area contributed by atoms with Crippen molar-refractivity contribution in [3.05, 3.63) is 42.2 Å². The minimum absolute atomic E-state index is 0.0100. The Morgan fingerprint density at radius 1 is 1.44 bits per heavy atom. The Hall–Kier alpha value is -1.97. The van der Waals surface area contributed by atoms with Gasteiger partial charge in [0.25, 0.3) is 0 Å². The number of ketones is 1. The van der Waals surface area contributed by atoms with E-state index in [9.17, 15) is 9.90 Å². The zero-order chi connectivity index (χ0) is 11.5. The normalized spacial score (nSPS) is 14.6. The maximum absolute atomic E-state index is 11.9. The highest BCUT2D eigenvalue weighted by atomic mass is 16.3. The van der Waals surface area contributed by atoms with Crippen molar-refractivity contribution in [2.24, 2.45) is 0 Å². The van der Waals surface area contributed by atoms with Crippen LogP contribution in [-0.2, 0) is 0 Å². The number of hydrogen-bond donors (Lipinski definition) is 1. The lowest BCUT2D eigenvalue weighted by Gasteiger charge is -2.17. The second kappa shape index (κ2) is 4.26. The Kier molecular flexibility index (Phi) is 2.81. The summed E-state index contributed by atoms with van der Waals surface area (Å²) >= 11 is 0. The monoisotopic (exact) mass is 218 g/mol. The molecule has 1 aliphatic heterocycles. The Morgan fingerprint density at radius 2 is 2.25 bits per heavy atom. The minimum atomic E-state index is 0.0100. The first-order valence-corrected chi connectivity index (χ1v) is 5.10. The molecule has 1 aliphatic rings. The molecule has 1 aromatic carbocycles. The second-order valence-corrected chi connectivity index (χ2v) is 3.92. The number of hydrogen-bond acceptors (Lipinski definition) is 4. The fourth-order valence-electron chi connectivity index (χ4n) is 1.65. The van der Waals surface area contributed by atoms with Crippen LogP contribution >= 0.6 is 0 Å². The van der Waals surface area contributed by atoms with Crippen LogP contribution in [0, 0.1) is 0 Å². The lowest BCUT2D eigenvalue weighted by molar-refractivity contribution is 0.0948. The van der Waals surface area contributed by atoms with Gasteiger partial charge < -0.3 is 14.9 Å². The van der Waals surface area contributed by atoms with E-state index >= 15 is 0 Å². The zero-order valence-electron chi connectivity index (χ0n) is 9.13. The second-order valence-electron chi connectivity index (χ2n) is 3.92. The molecule has 1 heterocycles. The molecule has 0 bridgehead atoms. The average Bonchev–Trinajstić information content (AvgIpc) is 2.64. The molecule has 84 valence electrons. The fraction of sp³-hybridized carbons (Fsp3) is 0.250. The van der Waals surface area contributed by atoms with Crippen LogP contribution in [0.15, 0.2) is 36.7 Å². The molecular formula is C12H14N2O2. The first-order chi connectivity index (χ1) is 7.65. The zero-order valence-corrected chi connectivity index (χ0v) is 9.13. The quantitative estimate of drug-likeness (QED) is 0.775. The molecular weight excluding hydrogens is 204 g/mol. The molecule has 0 fully saturated rings. The van der Waals surface area contributed by atoms with Crippen molar-refractivity contribution < 1.29 is 9.90 Å². The van der Waals surface area contributed by atoms with Crippen LogP contribution in [-0.4, -0.2) is 41.0 Å². The number of nitrogens with zero attached hydrogens (tertiary/aromatic N) is 2. The van der Waals surface area contributed by atoms with Crippen molar-refractivity contribution in [2.75, 3.05) is 20.3 Å².